The summed E-state index contributed by atoms with van der Waals surface area (Å²) < 4.78 is 1.08. The summed E-state index contributed by atoms with van der Waals surface area (Å²) in [5.74, 6) is 0.209. The van der Waals surface area contributed by atoms with E-state index >= 15 is 0 Å². The smallest absolute Gasteiger partial charge is 0.139 e. The van der Waals surface area contributed by atoms with Crippen LogP contribution in [0.2, 0.25) is 0 Å². The fraction of sp³-hybridized carbons (Fsp3) is 0.615. The van der Waals surface area contributed by atoms with Gasteiger partial charge in [-0.25, -0.2) is 0 Å². The molecule has 0 aliphatic carbocycles. The Morgan fingerprint density at radius 3 is 2.35 bits per heavy atom. The zero-order valence-electron chi connectivity index (χ0n) is 11.2. The molecule has 0 saturated carbocycles. The first-order valence-electron chi connectivity index (χ1n) is 5.99. The van der Waals surface area contributed by atoms with Crippen molar-refractivity contribution in [1.29, 1.82) is 0 Å². The lowest BCUT2D eigenvalue weighted by Gasteiger charge is -2.15. The number of carbonyl (C=O) groups excluding carboxylic acids is 1. The Balaban J connectivity index is 0.00000121. The number of hydrogen-bond donors (Lipinski definition) is 1. The molecular formula is C13H22BrNOS. The van der Waals surface area contributed by atoms with E-state index in [-0.39, 0.29) is 11.7 Å². The van der Waals surface area contributed by atoms with Crippen molar-refractivity contribution >= 4 is 33.0 Å². The summed E-state index contributed by atoms with van der Waals surface area (Å²) in [4.78, 5) is 12.6. The molecule has 0 fully saturated rings. The van der Waals surface area contributed by atoms with E-state index in [9.17, 15) is 4.79 Å². The number of nitrogens with one attached hydrogen (secondary N) is 1. The van der Waals surface area contributed by atoms with Crippen LogP contribution in [0.5, 0.6) is 0 Å². The second-order valence-electron chi connectivity index (χ2n) is 3.87. The van der Waals surface area contributed by atoms with E-state index in [1.165, 1.54) is 0 Å². The van der Waals surface area contributed by atoms with Crippen LogP contribution in [0, 0.1) is 0 Å². The van der Waals surface area contributed by atoms with Crippen molar-refractivity contribution in [3.8, 4) is 0 Å². The Morgan fingerprint density at radius 1 is 1.41 bits per heavy atom. The van der Waals surface area contributed by atoms with E-state index in [4.69, 9.17) is 0 Å². The average Bonchev–Trinajstić information content (AvgIpc) is 2.67. The standard InChI is InChI=1S/C11H16BrNOS.C2H6/c1-7(2)13-6-9(8(3)14)10-4-5-11(12)15-10;1-2/h4-5,7,9,13H,6H2,1-3H3;1-2H3. The molecule has 0 saturated heterocycles. The predicted molar refractivity (Wildman–Crippen MR) is 79.9 cm³/mol. The highest BCUT2D eigenvalue weighted by Gasteiger charge is 2.18. The molecule has 2 nitrogen and oxygen atoms in total. The number of rotatable bonds is 5. The lowest BCUT2D eigenvalue weighted by atomic mass is 10.0. The minimum Gasteiger partial charge on any atom is -0.313 e. The molecule has 1 aromatic rings. The Labute approximate surface area is 117 Å². The number of hydrogen-bond acceptors (Lipinski definition) is 3. The molecule has 17 heavy (non-hydrogen) atoms. The molecule has 0 aliphatic rings. The van der Waals surface area contributed by atoms with Crippen LogP contribution < -0.4 is 5.32 Å². The lowest BCUT2D eigenvalue weighted by molar-refractivity contribution is -0.118. The summed E-state index contributed by atoms with van der Waals surface area (Å²) >= 11 is 5.05. The summed E-state index contributed by atoms with van der Waals surface area (Å²) in [5.41, 5.74) is 0. The number of Topliss-reactive ketones (excluding diaryl/α,β-unsaturated/α-hetero) is 1. The molecule has 0 amide bonds. The summed E-state index contributed by atoms with van der Waals surface area (Å²) in [5, 5.41) is 3.31. The van der Waals surface area contributed by atoms with Gasteiger partial charge < -0.3 is 5.32 Å². The third kappa shape index (κ3) is 6.34. The SMILES string of the molecule is CC.CC(=O)C(CNC(C)C)c1ccc(Br)s1. The molecule has 0 spiro atoms. The van der Waals surface area contributed by atoms with Crippen molar-refractivity contribution in [3.05, 3.63) is 20.8 Å². The van der Waals surface area contributed by atoms with Crippen LogP contribution in [0.3, 0.4) is 0 Å². The first-order valence-corrected chi connectivity index (χ1v) is 7.60. The third-order valence-corrected chi connectivity index (χ3v) is 3.90. The van der Waals surface area contributed by atoms with Gasteiger partial charge in [0, 0.05) is 17.5 Å². The van der Waals surface area contributed by atoms with Gasteiger partial charge in [0.15, 0.2) is 0 Å². The Morgan fingerprint density at radius 2 is 2.00 bits per heavy atom. The van der Waals surface area contributed by atoms with E-state index in [0.29, 0.717) is 6.04 Å². The van der Waals surface area contributed by atoms with Gasteiger partial charge >= 0.3 is 0 Å². The van der Waals surface area contributed by atoms with Gasteiger partial charge in [-0.1, -0.05) is 27.7 Å². The molecule has 1 unspecified atom stereocenters. The van der Waals surface area contributed by atoms with Gasteiger partial charge in [-0.3, -0.25) is 4.79 Å². The van der Waals surface area contributed by atoms with Gasteiger partial charge in [-0.15, -0.1) is 11.3 Å². The topological polar surface area (TPSA) is 29.1 Å². The quantitative estimate of drug-likeness (QED) is 0.880. The second kappa shape index (κ2) is 8.84. The van der Waals surface area contributed by atoms with Crippen molar-refractivity contribution in [2.45, 2.75) is 46.6 Å². The molecule has 1 aromatic heterocycles. The van der Waals surface area contributed by atoms with E-state index in [2.05, 4.69) is 35.1 Å². The monoisotopic (exact) mass is 319 g/mol. The normalized spacial score (nSPS) is 11.9. The second-order valence-corrected chi connectivity index (χ2v) is 6.36. The summed E-state index contributed by atoms with van der Waals surface area (Å²) in [6, 6.07) is 4.42. The van der Waals surface area contributed by atoms with Crippen LogP contribution in [0.25, 0.3) is 0 Å². The van der Waals surface area contributed by atoms with E-state index in [0.717, 1.165) is 15.2 Å². The van der Waals surface area contributed by atoms with Crippen LogP contribution in [0.1, 0.15) is 45.4 Å². The molecule has 0 aliphatic heterocycles. The minimum atomic E-state index is -0.0105. The van der Waals surface area contributed by atoms with Crippen LogP contribution in [0.15, 0.2) is 15.9 Å². The summed E-state index contributed by atoms with van der Waals surface area (Å²) in [6.45, 7) is 10.5. The average molecular weight is 320 g/mol. The fourth-order valence-electron chi connectivity index (χ4n) is 1.31. The number of carbonyl (C=O) groups is 1. The fourth-order valence-corrected chi connectivity index (χ4v) is 2.90. The third-order valence-electron chi connectivity index (χ3n) is 2.16. The van der Waals surface area contributed by atoms with Gasteiger partial charge in [0.25, 0.3) is 0 Å². The van der Waals surface area contributed by atoms with Gasteiger partial charge in [0.2, 0.25) is 0 Å². The van der Waals surface area contributed by atoms with E-state index in [1.54, 1.807) is 18.3 Å². The van der Waals surface area contributed by atoms with E-state index in [1.807, 2.05) is 26.0 Å². The number of halogens is 1. The van der Waals surface area contributed by atoms with Crippen LogP contribution in [0.4, 0.5) is 0 Å². The highest BCUT2D eigenvalue weighted by molar-refractivity contribution is 9.11. The summed E-state index contributed by atoms with van der Waals surface area (Å²) in [7, 11) is 0. The molecule has 0 aromatic carbocycles. The van der Waals surface area contributed by atoms with Crippen LogP contribution >= 0.6 is 27.3 Å². The van der Waals surface area contributed by atoms with Gasteiger partial charge in [0.1, 0.15) is 5.78 Å². The van der Waals surface area contributed by atoms with Crippen molar-refractivity contribution in [1.82, 2.24) is 5.32 Å². The van der Waals surface area contributed by atoms with Gasteiger partial charge in [0.05, 0.1) is 9.70 Å². The Kier molecular flexibility index (Phi) is 8.74. The first kappa shape index (κ1) is 16.8. The minimum absolute atomic E-state index is 0.0105. The molecule has 0 bridgehead atoms. The van der Waals surface area contributed by atoms with Crippen molar-refractivity contribution < 1.29 is 4.79 Å². The Hall–Kier alpha value is -0.190. The molecule has 1 rings (SSSR count). The molecule has 1 atom stereocenters. The number of thiophene rings is 1. The first-order chi connectivity index (χ1) is 8.00. The maximum Gasteiger partial charge on any atom is 0.139 e. The van der Waals surface area contributed by atoms with Crippen molar-refractivity contribution in [3.63, 3.8) is 0 Å². The molecule has 4 heteroatoms. The summed E-state index contributed by atoms with van der Waals surface area (Å²) in [6.07, 6.45) is 0. The zero-order valence-corrected chi connectivity index (χ0v) is 13.6. The maximum atomic E-state index is 11.5. The van der Waals surface area contributed by atoms with E-state index < -0.39 is 0 Å². The Bertz CT molecular complexity index is 336. The predicted octanol–water partition coefficient (Wildman–Crippen LogP) is 4.21. The lowest BCUT2D eigenvalue weighted by Crippen LogP contribution is -2.30. The molecule has 1 heterocycles. The van der Waals surface area contributed by atoms with Crippen molar-refractivity contribution in [2.75, 3.05) is 6.54 Å². The van der Waals surface area contributed by atoms with Gasteiger partial charge in [-0.05, 0) is 35.0 Å². The molecule has 1 N–H and O–H groups in total. The zero-order chi connectivity index (χ0) is 13.4. The maximum absolute atomic E-state index is 11.5. The highest BCUT2D eigenvalue weighted by atomic mass is 79.9. The molecule has 0 radical (unpaired) electrons. The number of ketones is 1. The van der Waals surface area contributed by atoms with Gasteiger partial charge in [-0.2, -0.15) is 0 Å². The molecule has 98 valence electrons. The van der Waals surface area contributed by atoms with Crippen molar-refractivity contribution in [2.24, 2.45) is 0 Å². The van der Waals surface area contributed by atoms with Crippen LogP contribution in [-0.2, 0) is 4.79 Å². The largest absolute Gasteiger partial charge is 0.313 e. The highest BCUT2D eigenvalue weighted by Crippen LogP contribution is 2.28. The van der Waals surface area contributed by atoms with Crippen LogP contribution in [-0.4, -0.2) is 18.4 Å². The molecular weight excluding hydrogens is 298 g/mol.